The van der Waals surface area contributed by atoms with E-state index in [1.165, 1.54) is 39.5 Å². The summed E-state index contributed by atoms with van der Waals surface area (Å²) < 4.78 is 4.68. The summed E-state index contributed by atoms with van der Waals surface area (Å²) in [6, 6.07) is 7.58. The Morgan fingerprint density at radius 2 is 1.80 bits per heavy atom. The van der Waals surface area contributed by atoms with Crippen LogP contribution in [-0.2, 0) is 9.53 Å². The summed E-state index contributed by atoms with van der Waals surface area (Å²) in [5.74, 6) is -0.284. The molecule has 0 saturated carbocycles. The molecule has 0 unspecified atom stereocenters. The lowest BCUT2D eigenvalue weighted by Gasteiger charge is -2.37. The molecule has 5 heteroatoms. The Kier molecular flexibility index (Phi) is 5.87. The number of rotatable bonds is 4. The molecule has 25 heavy (non-hydrogen) atoms. The molecule has 0 aromatic heterocycles. The average Bonchev–Trinajstić information content (AvgIpc) is 3.21. The Bertz CT molecular complexity index is 633. The van der Waals surface area contributed by atoms with E-state index in [0.29, 0.717) is 11.6 Å². The van der Waals surface area contributed by atoms with Crippen LogP contribution in [0.4, 0.5) is 0 Å². The van der Waals surface area contributed by atoms with Crippen LogP contribution in [-0.4, -0.2) is 61.0 Å². The van der Waals surface area contributed by atoms with Gasteiger partial charge in [-0.15, -0.1) is 0 Å². The van der Waals surface area contributed by atoms with Crippen molar-refractivity contribution in [3.05, 3.63) is 41.5 Å². The Labute approximate surface area is 149 Å². The Hall–Kier alpha value is -2.14. The first-order valence-corrected chi connectivity index (χ1v) is 9.07. The monoisotopic (exact) mass is 342 g/mol. The van der Waals surface area contributed by atoms with Gasteiger partial charge in [-0.1, -0.05) is 12.1 Å². The van der Waals surface area contributed by atoms with Crippen molar-refractivity contribution in [2.24, 2.45) is 0 Å². The third kappa shape index (κ3) is 4.48. The second-order valence-electron chi connectivity index (χ2n) is 6.77. The molecule has 2 saturated heterocycles. The third-order valence-electron chi connectivity index (χ3n) is 5.12. The van der Waals surface area contributed by atoms with E-state index in [9.17, 15) is 9.59 Å². The number of hydrogen-bond donors (Lipinski definition) is 0. The smallest absolute Gasteiger partial charge is 0.337 e. The molecule has 134 valence electrons. The van der Waals surface area contributed by atoms with E-state index in [0.717, 1.165) is 25.1 Å². The zero-order valence-corrected chi connectivity index (χ0v) is 14.8. The summed E-state index contributed by atoms with van der Waals surface area (Å²) in [7, 11) is 1.36. The summed E-state index contributed by atoms with van der Waals surface area (Å²) in [5.41, 5.74) is 1.41. The first-order chi connectivity index (χ1) is 12.2. The lowest BCUT2D eigenvalue weighted by Crippen LogP contribution is -2.48. The molecule has 0 radical (unpaired) electrons. The molecule has 1 aromatic carbocycles. The minimum atomic E-state index is -0.354. The van der Waals surface area contributed by atoms with Crippen LogP contribution in [0.5, 0.6) is 0 Å². The Morgan fingerprint density at radius 1 is 1.08 bits per heavy atom. The van der Waals surface area contributed by atoms with Crippen molar-refractivity contribution in [2.75, 3.05) is 33.3 Å². The number of carbonyl (C=O) groups excluding carboxylic acids is 2. The Balaban J connectivity index is 1.57. The van der Waals surface area contributed by atoms with Gasteiger partial charge >= 0.3 is 5.97 Å². The predicted molar refractivity (Wildman–Crippen MR) is 97.2 cm³/mol. The zero-order chi connectivity index (χ0) is 17.6. The summed E-state index contributed by atoms with van der Waals surface area (Å²) in [6.07, 6.45) is 8.29. The highest BCUT2D eigenvalue weighted by molar-refractivity contribution is 5.92. The molecule has 1 amide bonds. The van der Waals surface area contributed by atoms with Crippen molar-refractivity contribution in [3.8, 4) is 0 Å². The number of methoxy groups -OCH3 is 1. The number of carbonyl (C=O) groups is 2. The fourth-order valence-corrected chi connectivity index (χ4v) is 3.68. The number of amides is 1. The third-order valence-corrected chi connectivity index (χ3v) is 5.12. The molecule has 2 heterocycles. The summed E-state index contributed by atoms with van der Waals surface area (Å²) in [4.78, 5) is 28.4. The molecular formula is C20H26N2O3. The largest absolute Gasteiger partial charge is 0.465 e. The van der Waals surface area contributed by atoms with Crippen LogP contribution in [0.3, 0.4) is 0 Å². The standard InChI is InChI=1S/C20H26N2O3/c1-25-20(24)17-9-6-16(7-10-17)8-11-19(23)22-14-4-5-18(15-22)21-12-2-3-13-21/h6-11,18H,2-5,12-15H2,1H3/b11-8+/t18-/m0/s1. The summed E-state index contributed by atoms with van der Waals surface area (Å²) in [6.45, 7) is 4.03. The number of piperidine rings is 1. The minimum Gasteiger partial charge on any atom is -0.465 e. The van der Waals surface area contributed by atoms with E-state index < -0.39 is 0 Å². The Morgan fingerprint density at radius 3 is 2.48 bits per heavy atom. The van der Waals surface area contributed by atoms with Gasteiger partial charge in [0.15, 0.2) is 0 Å². The lowest BCUT2D eigenvalue weighted by atomic mass is 10.0. The van der Waals surface area contributed by atoms with Crippen LogP contribution in [0.1, 0.15) is 41.6 Å². The van der Waals surface area contributed by atoms with Gasteiger partial charge in [0.25, 0.3) is 0 Å². The molecule has 2 fully saturated rings. The fraction of sp³-hybridized carbons (Fsp3) is 0.500. The van der Waals surface area contributed by atoms with Crippen molar-refractivity contribution >= 4 is 18.0 Å². The molecular weight excluding hydrogens is 316 g/mol. The molecule has 0 spiro atoms. The molecule has 1 aromatic rings. The highest BCUT2D eigenvalue weighted by atomic mass is 16.5. The van der Waals surface area contributed by atoms with Gasteiger partial charge in [0, 0.05) is 25.2 Å². The van der Waals surface area contributed by atoms with Gasteiger partial charge < -0.3 is 9.64 Å². The number of hydrogen-bond acceptors (Lipinski definition) is 4. The maximum Gasteiger partial charge on any atom is 0.337 e. The van der Waals surface area contributed by atoms with Gasteiger partial charge in [0.05, 0.1) is 12.7 Å². The molecule has 0 N–H and O–H groups in total. The average molecular weight is 342 g/mol. The van der Waals surface area contributed by atoms with Crippen LogP contribution >= 0.6 is 0 Å². The van der Waals surface area contributed by atoms with E-state index in [1.807, 2.05) is 23.1 Å². The van der Waals surface area contributed by atoms with Gasteiger partial charge in [0.1, 0.15) is 0 Å². The van der Waals surface area contributed by atoms with E-state index in [1.54, 1.807) is 18.2 Å². The first kappa shape index (κ1) is 17.7. The lowest BCUT2D eigenvalue weighted by molar-refractivity contribution is -0.128. The van der Waals surface area contributed by atoms with Crippen LogP contribution in [0.25, 0.3) is 6.08 Å². The van der Waals surface area contributed by atoms with Crippen LogP contribution in [0.2, 0.25) is 0 Å². The normalized spacial score (nSPS) is 21.6. The van der Waals surface area contributed by atoms with Gasteiger partial charge in [-0.05, 0) is 62.5 Å². The fourth-order valence-electron chi connectivity index (χ4n) is 3.68. The van der Waals surface area contributed by atoms with Crippen molar-refractivity contribution in [3.63, 3.8) is 0 Å². The minimum absolute atomic E-state index is 0.0703. The van der Waals surface area contributed by atoms with Crippen molar-refractivity contribution in [2.45, 2.75) is 31.7 Å². The zero-order valence-electron chi connectivity index (χ0n) is 14.8. The molecule has 2 aliphatic heterocycles. The van der Waals surface area contributed by atoms with Gasteiger partial charge in [0.2, 0.25) is 5.91 Å². The van der Waals surface area contributed by atoms with Crippen LogP contribution < -0.4 is 0 Å². The second-order valence-corrected chi connectivity index (χ2v) is 6.77. The van der Waals surface area contributed by atoms with Gasteiger partial charge in [-0.25, -0.2) is 4.79 Å². The molecule has 1 atom stereocenters. The maximum atomic E-state index is 12.5. The van der Waals surface area contributed by atoms with E-state index >= 15 is 0 Å². The predicted octanol–water partition coefficient (Wildman–Crippen LogP) is 2.57. The van der Waals surface area contributed by atoms with Crippen LogP contribution in [0.15, 0.2) is 30.3 Å². The molecule has 2 aliphatic rings. The summed E-state index contributed by atoms with van der Waals surface area (Å²) in [5, 5.41) is 0. The van der Waals surface area contributed by atoms with Crippen molar-refractivity contribution < 1.29 is 14.3 Å². The highest BCUT2D eigenvalue weighted by Gasteiger charge is 2.28. The van der Waals surface area contributed by atoms with E-state index in [-0.39, 0.29) is 11.9 Å². The molecule has 0 bridgehead atoms. The number of benzene rings is 1. The van der Waals surface area contributed by atoms with E-state index in [2.05, 4.69) is 9.64 Å². The maximum absolute atomic E-state index is 12.5. The number of nitrogens with zero attached hydrogens (tertiary/aromatic N) is 2. The second kappa shape index (κ2) is 8.30. The molecule has 0 aliphatic carbocycles. The molecule has 3 rings (SSSR count). The van der Waals surface area contributed by atoms with Gasteiger partial charge in [-0.2, -0.15) is 0 Å². The topological polar surface area (TPSA) is 49.9 Å². The SMILES string of the molecule is COC(=O)c1ccc(/C=C/C(=O)N2CCC[C@H](N3CCCC3)C2)cc1. The number of likely N-dealkylation sites (tertiary alicyclic amines) is 2. The highest BCUT2D eigenvalue weighted by Crippen LogP contribution is 2.20. The summed E-state index contributed by atoms with van der Waals surface area (Å²) >= 11 is 0. The van der Waals surface area contributed by atoms with Crippen molar-refractivity contribution in [1.29, 1.82) is 0 Å². The molecule has 5 nitrogen and oxygen atoms in total. The first-order valence-electron chi connectivity index (χ1n) is 9.07. The van der Waals surface area contributed by atoms with Gasteiger partial charge in [-0.3, -0.25) is 9.69 Å². The van der Waals surface area contributed by atoms with Crippen LogP contribution in [0, 0.1) is 0 Å². The van der Waals surface area contributed by atoms with E-state index in [4.69, 9.17) is 0 Å². The number of esters is 1. The van der Waals surface area contributed by atoms with Crippen molar-refractivity contribution in [1.82, 2.24) is 9.80 Å². The number of ether oxygens (including phenoxy) is 1. The quantitative estimate of drug-likeness (QED) is 0.623.